The number of hydrogen-bond donors (Lipinski definition) is 8. The van der Waals surface area contributed by atoms with Gasteiger partial charge in [0, 0.05) is 28.8 Å². The molecular formula is C21H22BrClN6O7. The summed E-state index contributed by atoms with van der Waals surface area (Å²) < 4.78 is 0.215. The quantitative estimate of drug-likeness (QED) is 0.214. The van der Waals surface area contributed by atoms with Crippen LogP contribution in [0.15, 0.2) is 38.5 Å². The Morgan fingerprint density at radius 2 is 2.00 bits per heavy atom. The molecule has 0 fully saturated rings. The highest BCUT2D eigenvalue weighted by Gasteiger charge is 2.23. The van der Waals surface area contributed by atoms with E-state index in [0.29, 0.717) is 5.96 Å². The number of carbonyl (C=O) groups excluding carboxylic acids is 2. The summed E-state index contributed by atoms with van der Waals surface area (Å²) in [5, 5.41) is 39.6. The second kappa shape index (κ2) is 11.9. The van der Waals surface area contributed by atoms with E-state index in [9.17, 15) is 34.5 Å². The van der Waals surface area contributed by atoms with Crippen molar-refractivity contribution < 1.29 is 29.7 Å². The summed E-state index contributed by atoms with van der Waals surface area (Å²) in [4.78, 5) is 54.9. The van der Waals surface area contributed by atoms with Crippen LogP contribution in [0.3, 0.4) is 0 Å². The number of aliphatic imine (C=N–C) groups is 1. The zero-order chi connectivity index (χ0) is 26.4. The van der Waals surface area contributed by atoms with E-state index in [0.717, 1.165) is 6.07 Å². The van der Waals surface area contributed by atoms with Crippen molar-refractivity contribution in [3.8, 4) is 5.75 Å². The molecule has 1 aromatic carbocycles. The summed E-state index contributed by atoms with van der Waals surface area (Å²) in [7, 11) is 0. The number of rotatable bonds is 8. The largest absolute Gasteiger partial charge is 0.506 e. The van der Waals surface area contributed by atoms with Gasteiger partial charge in [-0.3, -0.25) is 24.2 Å². The summed E-state index contributed by atoms with van der Waals surface area (Å²) in [6, 6.07) is 3.96. The van der Waals surface area contributed by atoms with Crippen LogP contribution < -0.4 is 26.8 Å². The summed E-state index contributed by atoms with van der Waals surface area (Å²) in [6.45, 7) is -0.112. The molecule has 1 aromatic heterocycles. The molecule has 2 amide bonds. The van der Waals surface area contributed by atoms with Crippen LogP contribution in [-0.4, -0.2) is 69.8 Å². The molecule has 8 N–H and O–H groups in total. The van der Waals surface area contributed by atoms with Gasteiger partial charge in [-0.15, -0.1) is 0 Å². The summed E-state index contributed by atoms with van der Waals surface area (Å²) in [5.74, 6) is -2.56. The first-order valence-electron chi connectivity index (χ1n) is 10.5. The number of aliphatic carboxylic acids is 1. The molecule has 0 bridgehead atoms. The van der Waals surface area contributed by atoms with Gasteiger partial charge >= 0.3 is 5.97 Å². The zero-order valence-corrected chi connectivity index (χ0v) is 20.8. The average Bonchev–Trinajstić information content (AvgIpc) is 2.80. The predicted octanol–water partition coefficient (Wildman–Crippen LogP) is 0.290. The van der Waals surface area contributed by atoms with E-state index in [1.807, 2.05) is 0 Å². The van der Waals surface area contributed by atoms with Crippen molar-refractivity contribution in [2.24, 2.45) is 4.99 Å². The Balaban J connectivity index is 1.66. The molecule has 0 aliphatic carbocycles. The SMILES string of the molecule is O=C(O)C[C@H](NC(=O)CNC(=O)c1cc(NC2=NCC(O)CN2)[nH]c(=O)c1)c1cc(Cl)cc(Br)c1O. The molecule has 36 heavy (non-hydrogen) atoms. The number of phenolic OH excluding ortho intramolecular Hbond substituents is 1. The number of guanidine groups is 1. The first-order valence-corrected chi connectivity index (χ1v) is 11.6. The van der Waals surface area contributed by atoms with Crippen LogP contribution in [0.2, 0.25) is 5.02 Å². The normalized spacial score (nSPS) is 15.8. The van der Waals surface area contributed by atoms with Gasteiger partial charge in [-0.25, -0.2) is 0 Å². The lowest BCUT2D eigenvalue weighted by Crippen LogP contribution is -2.43. The lowest BCUT2D eigenvalue weighted by Gasteiger charge is -2.20. The number of anilines is 1. The fraction of sp³-hybridized carbons (Fsp3) is 0.286. The van der Waals surface area contributed by atoms with Gasteiger partial charge in [0.15, 0.2) is 5.96 Å². The maximum absolute atomic E-state index is 12.6. The highest BCUT2D eigenvalue weighted by atomic mass is 79.9. The molecule has 2 heterocycles. The first-order chi connectivity index (χ1) is 17.0. The van der Waals surface area contributed by atoms with E-state index in [1.165, 1.54) is 18.2 Å². The molecule has 0 spiro atoms. The van der Waals surface area contributed by atoms with Crippen molar-refractivity contribution in [1.29, 1.82) is 0 Å². The number of carboxylic acid groups (broad SMARTS) is 1. The van der Waals surface area contributed by atoms with Gasteiger partial charge < -0.3 is 41.6 Å². The van der Waals surface area contributed by atoms with Gasteiger partial charge in [-0.05, 0) is 34.1 Å². The van der Waals surface area contributed by atoms with Crippen LogP contribution in [0.4, 0.5) is 5.82 Å². The molecule has 192 valence electrons. The van der Waals surface area contributed by atoms with Crippen molar-refractivity contribution in [1.82, 2.24) is 20.9 Å². The molecule has 2 atom stereocenters. The van der Waals surface area contributed by atoms with Crippen molar-refractivity contribution in [3.63, 3.8) is 0 Å². The predicted molar refractivity (Wildman–Crippen MR) is 133 cm³/mol. The molecule has 15 heteroatoms. The molecule has 2 aromatic rings. The maximum atomic E-state index is 12.6. The van der Waals surface area contributed by atoms with E-state index in [-0.39, 0.29) is 45.3 Å². The smallest absolute Gasteiger partial charge is 0.305 e. The van der Waals surface area contributed by atoms with E-state index < -0.39 is 48.5 Å². The standard InChI is InChI=1S/C21H22BrClN6O7/c22-13-4-10(23)3-12(19(13)35)14(5-18(33)34)27-17(32)8-24-20(36)9-1-15(28-16(31)2-9)29-21-25-6-11(30)7-26-21/h1-4,11,14,30,35H,5-8H2,(H,24,36)(H,27,32)(H,33,34)(H3,25,26,28,29,31)/t14-/m0/s1. The Labute approximate surface area is 217 Å². The number of nitrogens with one attached hydrogen (secondary N) is 5. The number of benzene rings is 1. The van der Waals surface area contributed by atoms with Crippen LogP contribution in [0.25, 0.3) is 0 Å². The Kier molecular flexibility index (Phi) is 8.90. The molecule has 13 nitrogen and oxygen atoms in total. The zero-order valence-electron chi connectivity index (χ0n) is 18.5. The number of aromatic hydroxyl groups is 1. The number of aliphatic hydroxyl groups is 1. The second-order valence-corrected chi connectivity index (χ2v) is 9.01. The second-order valence-electron chi connectivity index (χ2n) is 7.72. The number of carboxylic acids is 1. The number of hydrogen-bond acceptors (Lipinski definition) is 9. The van der Waals surface area contributed by atoms with Gasteiger partial charge in [-0.2, -0.15) is 0 Å². The van der Waals surface area contributed by atoms with E-state index in [1.54, 1.807) is 0 Å². The van der Waals surface area contributed by atoms with Gasteiger partial charge in [0.25, 0.3) is 5.91 Å². The number of pyridine rings is 1. The summed E-state index contributed by atoms with van der Waals surface area (Å²) in [5.41, 5.74) is -0.563. The molecule has 0 saturated carbocycles. The minimum atomic E-state index is -1.24. The summed E-state index contributed by atoms with van der Waals surface area (Å²) >= 11 is 9.10. The number of nitrogens with zero attached hydrogens (tertiary/aromatic N) is 1. The maximum Gasteiger partial charge on any atom is 0.305 e. The average molecular weight is 586 g/mol. The molecule has 1 unspecified atom stereocenters. The number of aromatic amines is 1. The molecule has 0 saturated heterocycles. The van der Waals surface area contributed by atoms with E-state index in [2.05, 4.69) is 47.2 Å². The molecule has 0 radical (unpaired) electrons. The van der Waals surface area contributed by atoms with Crippen molar-refractivity contribution in [2.45, 2.75) is 18.6 Å². The Hall–Kier alpha value is -3.62. The van der Waals surface area contributed by atoms with E-state index in [4.69, 9.17) is 11.6 Å². The summed E-state index contributed by atoms with van der Waals surface area (Å²) in [6.07, 6.45) is -1.18. The van der Waals surface area contributed by atoms with Gasteiger partial charge in [0.2, 0.25) is 11.5 Å². The van der Waals surface area contributed by atoms with Gasteiger partial charge in [0.1, 0.15) is 11.6 Å². The number of aliphatic hydroxyl groups excluding tert-OH is 1. The van der Waals surface area contributed by atoms with Crippen LogP contribution in [0.5, 0.6) is 5.75 Å². The third kappa shape index (κ3) is 7.44. The number of phenols is 1. The Morgan fingerprint density at radius 1 is 1.25 bits per heavy atom. The lowest BCUT2D eigenvalue weighted by atomic mass is 10.0. The van der Waals surface area contributed by atoms with Crippen LogP contribution >= 0.6 is 27.5 Å². The number of β-amino-alcohol motifs (C(OH)–C–C–N with tert-alkyl or cyclic N) is 1. The number of carbonyl (C=O) groups is 3. The Morgan fingerprint density at radius 3 is 2.67 bits per heavy atom. The highest BCUT2D eigenvalue weighted by molar-refractivity contribution is 9.10. The number of halogens is 2. The highest BCUT2D eigenvalue weighted by Crippen LogP contribution is 2.36. The van der Waals surface area contributed by atoms with Gasteiger partial charge in [0.05, 0.1) is 36.1 Å². The fourth-order valence-corrected chi connectivity index (χ4v) is 4.09. The number of H-pyrrole nitrogens is 1. The molecule has 1 aliphatic heterocycles. The monoisotopic (exact) mass is 584 g/mol. The van der Waals surface area contributed by atoms with Crippen LogP contribution in [0.1, 0.15) is 28.4 Å². The molecule has 3 rings (SSSR count). The first kappa shape index (κ1) is 27.0. The van der Waals surface area contributed by atoms with Gasteiger partial charge in [-0.1, -0.05) is 11.6 Å². The van der Waals surface area contributed by atoms with Crippen molar-refractivity contribution >= 4 is 57.1 Å². The number of aromatic nitrogens is 1. The Bertz CT molecular complexity index is 1270. The minimum Gasteiger partial charge on any atom is -0.506 e. The van der Waals surface area contributed by atoms with Crippen LogP contribution in [-0.2, 0) is 9.59 Å². The topological polar surface area (TPSA) is 205 Å². The van der Waals surface area contributed by atoms with Crippen LogP contribution in [0, 0.1) is 0 Å². The molecule has 1 aliphatic rings. The fourth-order valence-electron chi connectivity index (χ4n) is 3.26. The lowest BCUT2D eigenvalue weighted by molar-refractivity contribution is -0.137. The third-order valence-corrected chi connectivity index (χ3v) is 5.70. The minimum absolute atomic E-state index is 0.0519. The number of amides is 2. The van der Waals surface area contributed by atoms with Crippen molar-refractivity contribution in [3.05, 3.63) is 55.2 Å². The van der Waals surface area contributed by atoms with Crippen molar-refractivity contribution in [2.75, 3.05) is 25.0 Å². The third-order valence-electron chi connectivity index (χ3n) is 4.88. The molecular weight excluding hydrogens is 564 g/mol. The van der Waals surface area contributed by atoms with E-state index >= 15 is 0 Å².